The van der Waals surface area contributed by atoms with Gasteiger partial charge in [-0.25, -0.2) is 0 Å². The summed E-state index contributed by atoms with van der Waals surface area (Å²) in [5, 5.41) is 11.3. The molecular weight excluding hydrogens is 540 g/mol. The number of rotatable bonds is 14. The van der Waals surface area contributed by atoms with Crippen LogP contribution in [0.1, 0.15) is 28.7 Å². The lowest BCUT2D eigenvalue weighted by atomic mass is 9.86. The normalized spacial score (nSPS) is 11.3. The Kier molecular flexibility index (Phi) is 11.6. The van der Waals surface area contributed by atoms with Gasteiger partial charge in [0, 0.05) is 32.6 Å². The second-order valence-corrected chi connectivity index (χ2v) is 10.2. The molecule has 4 amide bonds. The molecule has 0 aromatic heterocycles. The largest absolute Gasteiger partial charge is 0.352 e. The molecule has 0 aliphatic carbocycles. The summed E-state index contributed by atoms with van der Waals surface area (Å²) >= 11 is 0. The van der Waals surface area contributed by atoms with Crippen molar-refractivity contribution in [1.82, 2.24) is 21.3 Å². The molecule has 220 valence electrons. The summed E-state index contributed by atoms with van der Waals surface area (Å²) in [6.45, 7) is 0.774. The van der Waals surface area contributed by atoms with Gasteiger partial charge in [-0.15, -0.1) is 0 Å². The number of amides is 4. The van der Waals surface area contributed by atoms with Crippen molar-refractivity contribution in [2.24, 2.45) is 11.8 Å². The molecule has 4 rings (SSSR count). The number of nitrogens with one attached hydrogen (secondary N) is 4. The predicted molar refractivity (Wildman–Crippen MR) is 165 cm³/mol. The Morgan fingerprint density at radius 1 is 0.419 bits per heavy atom. The smallest absolute Gasteiger partial charge is 0.233 e. The Morgan fingerprint density at radius 2 is 0.721 bits per heavy atom. The van der Waals surface area contributed by atoms with Crippen molar-refractivity contribution in [2.75, 3.05) is 0 Å². The van der Waals surface area contributed by atoms with E-state index >= 15 is 0 Å². The van der Waals surface area contributed by atoms with Crippen LogP contribution in [0, 0.1) is 11.8 Å². The van der Waals surface area contributed by atoms with E-state index in [9.17, 15) is 19.2 Å². The fourth-order valence-corrected chi connectivity index (χ4v) is 4.62. The van der Waals surface area contributed by atoms with Crippen LogP contribution in [0.15, 0.2) is 121 Å². The minimum absolute atomic E-state index is 0.167. The maximum Gasteiger partial charge on any atom is 0.233 e. The highest BCUT2D eigenvalue weighted by Gasteiger charge is 2.40. The van der Waals surface area contributed by atoms with E-state index in [1.165, 1.54) is 0 Å². The van der Waals surface area contributed by atoms with E-state index in [1.807, 2.05) is 121 Å². The predicted octanol–water partition coefficient (Wildman–Crippen LogP) is 3.87. The van der Waals surface area contributed by atoms with Crippen molar-refractivity contribution in [2.45, 2.75) is 32.6 Å². The Hall–Kier alpha value is -5.24. The van der Waals surface area contributed by atoms with Crippen molar-refractivity contribution >= 4 is 23.6 Å². The third-order valence-corrected chi connectivity index (χ3v) is 6.97. The van der Waals surface area contributed by atoms with Gasteiger partial charge < -0.3 is 21.3 Å². The van der Waals surface area contributed by atoms with Crippen LogP contribution in [0.5, 0.6) is 0 Å². The van der Waals surface area contributed by atoms with Crippen LogP contribution >= 0.6 is 0 Å². The first-order valence-electron chi connectivity index (χ1n) is 14.2. The first-order chi connectivity index (χ1) is 21.0. The molecule has 43 heavy (non-hydrogen) atoms. The molecule has 4 N–H and O–H groups in total. The molecule has 0 radical (unpaired) electrons. The van der Waals surface area contributed by atoms with Crippen LogP contribution in [-0.2, 0) is 45.4 Å². The average Bonchev–Trinajstić information content (AvgIpc) is 3.06. The molecule has 0 spiro atoms. The van der Waals surface area contributed by atoms with Crippen molar-refractivity contribution in [3.8, 4) is 0 Å². The lowest BCUT2D eigenvalue weighted by Gasteiger charge is -2.25. The monoisotopic (exact) mass is 576 g/mol. The number of carbonyl (C=O) groups excluding carboxylic acids is 4. The summed E-state index contributed by atoms with van der Waals surface area (Å²) in [7, 11) is 0. The van der Waals surface area contributed by atoms with E-state index in [1.54, 1.807) is 0 Å². The molecule has 1 atom stereocenters. The Balaban J connectivity index is 1.56. The first-order valence-corrected chi connectivity index (χ1v) is 14.2. The Labute approximate surface area is 251 Å². The highest BCUT2D eigenvalue weighted by molar-refractivity contribution is 6.05. The van der Waals surface area contributed by atoms with E-state index in [0.717, 1.165) is 22.3 Å². The SMILES string of the molecule is O=C(CC(C(=O)NCc1ccccc1)C(C(=O)NCc1ccccc1)C(=O)NCc1ccccc1)NCc1ccccc1. The van der Waals surface area contributed by atoms with E-state index in [-0.39, 0.29) is 32.6 Å². The van der Waals surface area contributed by atoms with Gasteiger partial charge in [0.25, 0.3) is 0 Å². The number of carbonyl (C=O) groups is 4. The molecule has 1 unspecified atom stereocenters. The third-order valence-electron chi connectivity index (χ3n) is 6.97. The topological polar surface area (TPSA) is 116 Å². The summed E-state index contributed by atoms with van der Waals surface area (Å²) in [6.07, 6.45) is -0.352. The zero-order chi connectivity index (χ0) is 30.3. The minimum Gasteiger partial charge on any atom is -0.352 e. The maximum absolute atomic E-state index is 13.7. The first kappa shape index (κ1) is 30.7. The van der Waals surface area contributed by atoms with Gasteiger partial charge >= 0.3 is 0 Å². The van der Waals surface area contributed by atoms with Gasteiger partial charge in [0.15, 0.2) is 0 Å². The summed E-state index contributed by atoms with van der Waals surface area (Å²) in [4.78, 5) is 54.2. The van der Waals surface area contributed by atoms with Crippen LogP contribution in [0.2, 0.25) is 0 Å². The maximum atomic E-state index is 13.7. The molecule has 0 saturated carbocycles. The minimum atomic E-state index is -1.45. The summed E-state index contributed by atoms with van der Waals surface area (Å²) in [6, 6.07) is 37.2. The quantitative estimate of drug-likeness (QED) is 0.171. The van der Waals surface area contributed by atoms with E-state index in [4.69, 9.17) is 0 Å². The number of benzene rings is 4. The fourth-order valence-electron chi connectivity index (χ4n) is 4.62. The summed E-state index contributed by atoms with van der Waals surface area (Å²) < 4.78 is 0. The molecule has 0 bridgehead atoms. The van der Waals surface area contributed by atoms with Crippen molar-refractivity contribution in [3.63, 3.8) is 0 Å². The average molecular weight is 577 g/mol. The van der Waals surface area contributed by atoms with Crippen LogP contribution in [-0.4, -0.2) is 23.6 Å². The molecule has 0 aliphatic rings. The summed E-state index contributed by atoms with van der Waals surface area (Å²) in [5.41, 5.74) is 3.41. The molecule has 0 saturated heterocycles. The highest BCUT2D eigenvalue weighted by Crippen LogP contribution is 2.20. The second-order valence-electron chi connectivity index (χ2n) is 10.2. The molecule has 4 aromatic rings. The highest BCUT2D eigenvalue weighted by atomic mass is 16.2. The molecule has 0 aliphatic heterocycles. The van der Waals surface area contributed by atoms with Crippen molar-refractivity contribution in [3.05, 3.63) is 144 Å². The zero-order valence-corrected chi connectivity index (χ0v) is 23.9. The van der Waals surface area contributed by atoms with Gasteiger partial charge in [0.2, 0.25) is 23.6 Å². The van der Waals surface area contributed by atoms with Crippen LogP contribution in [0.3, 0.4) is 0 Å². The summed E-state index contributed by atoms with van der Waals surface area (Å²) in [5.74, 6) is -4.99. The van der Waals surface area contributed by atoms with Crippen LogP contribution in [0.4, 0.5) is 0 Å². The molecule has 8 heteroatoms. The Bertz CT molecular complexity index is 1410. The van der Waals surface area contributed by atoms with Crippen molar-refractivity contribution in [1.29, 1.82) is 0 Å². The number of hydrogen-bond acceptors (Lipinski definition) is 4. The van der Waals surface area contributed by atoms with Crippen molar-refractivity contribution < 1.29 is 19.2 Å². The van der Waals surface area contributed by atoms with Gasteiger partial charge in [-0.2, -0.15) is 0 Å². The molecule has 4 aromatic carbocycles. The van der Waals surface area contributed by atoms with Gasteiger partial charge in [-0.05, 0) is 22.3 Å². The Morgan fingerprint density at radius 3 is 1.07 bits per heavy atom. The standard InChI is InChI=1S/C35H36N4O4/c40-31(36-22-26-13-5-1-6-14-26)21-30(33(41)37-23-27-15-7-2-8-16-27)32(34(42)38-24-28-17-9-3-10-18-28)35(43)39-25-29-19-11-4-12-20-29/h1-20,30,32H,21-25H2,(H,36,40)(H,37,41)(H,38,42)(H,39,43). The fraction of sp³-hybridized carbons (Fsp3) is 0.200. The molecule has 8 nitrogen and oxygen atoms in total. The van der Waals surface area contributed by atoms with E-state index in [0.29, 0.717) is 0 Å². The second kappa shape index (κ2) is 16.3. The van der Waals surface area contributed by atoms with Gasteiger partial charge in [-0.1, -0.05) is 121 Å². The van der Waals surface area contributed by atoms with Gasteiger partial charge in [-0.3, -0.25) is 19.2 Å². The van der Waals surface area contributed by atoms with Gasteiger partial charge in [0.1, 0.15) is 5.92 Å². The molecular formula is C35H36N4O4. The van der Waals surface area contributed by atoms with Crippen LogP contribution in [0.25, 0.3) is 0 Å². The van der Waals surface area contributed by atoms with Gasteiger partial charge in [0.05, 0.1) is 5.92 Å². The number of hydrogen-bond donors (Lipinski definition) is 4. The third kappa shape index (κ3) is 9.97. The lowest BCUT2D eigenvalue weighted by Crippen LogP contribution is -2.50. The van der Waals surface area contributed by atoms with Crippen LogP contribution < -0.4 is 21.3 Å². The van der Waals surface area contributed by atoms with E-state index < -0.39 is 35.5 Å². The lowest BCUT2D eigenvalue weighted by molar-refractivity contribution is -0.144. The van der Waals surface area contributed by atoms with E-state index in [2.05, 4.69) is 21.3 Å². The molecule has 0 fully saturated rings. The molecule has 0 heterocycles. The zero-order valence-electron chi connectivity index (χ0n) is 23.9.